The monoisotopic (exact) mass is 380 g/mol. The highest BCUT2D eigenvalue weighted by Crippen LogP contribution is 2.22. The molecule has 0 spiro atoms. The van der Waals surface area contributed by atoms with Crippen molar-refractivity contribution in [3.05, 3.63) is 41.6 Å². The molecule has 6 heteroatoms. The van der Waals surface area contributed by atoms with Gasteiger partial charge in [0.2, 0.25) is 5.91 Å². The van der Waals surface area contributed by atoms with Gasteiger partial charge in [0.25, 0.3) is 5.91 Å². The van der Waals surface area contributed by atoms with Gasteiger partial charge >= 0.3 is 0 Å². The Morgan fingerprint density at radius 3 is 2.93 bits per heavy atom. The quantitative estimate of drug-likeness (QED) is 0.853. The number of likely N-dealkylation sites (tertiary alicyclic amines) is 1. The Labute approximate surface area is 165 Å². The van der Waals surface area contributed by atoms with E-state index < -0.39 is 0 Å². The number of nitrogens with one attached hydrogen (secondary N) is 2. The van der Waals surface area contributed by atoms with Crippen molar-refractivity contribution in [2.24, 2.45) is 5.92 Å². The first kappa shape index (κ1) is 18.9. The van der Waals surface area contributed by atoms with E-state index in [-0.39, 0.29) is 17.9 Å². The Hall–Kier alpha value is -2.47. The van der Waals surface area contributed by atoms with Crippen molar-refractivity contribution in [3.8, 4) is 0 Å². The van der Waals surface area contributed by atoms with Crippen molar-refractivity contribution >= 4 is 22.7 Å². The van der Waals surface area contributed by atoms with Crippen LogP contribution in [0, 0.1) is 12.8 Å². The van der Waals surface area contributed by atoms with Gasteiger partial charge in [-0.25, -0.2) is 0 Å². The molecule has 2 atom stereocenters. The fourth-order valence-electron chi connectivity index (χ4n) is 4.28. The van der Waals surface area contributed by atoms with Gasteiger partial charge in [-0.2, -0.15) is 0 Å². The van der Waals surface area contributed by atoms with E-state index in [1.54, 1.807) is 0 Å². The first-order chi connectivity index (χ1) is 13.6. The van der Waals surface area contributed by atoms with Gasteiger partial charge in [0.15, 0.2) is 0 Å². The highest BCUT2D eigenvalue weighted by atomic mass is 16.2. The molecule has 0 radical (unpaired) electrons. The number of para-hydroxylation sites is 1. The lowest BCUT2D eigenvalue weighted by molar-refractivity contribution is -0.123. The van der Waals surface area contributed by atoms with Crippen LogP contribution in [0.15, 0.2) is 30.3 Å². The number of fused-ring (bicyclic) bond motifs is 1. The number of hydrogen-bond donors (Lipinski definition) is 2. The molecule has 4 rings (SSSR count). The minimum absolute atomic E-state index is 0.0391. The predicted molar refractivity (Wildman–Crippen MR) is 109 cm³/mol. The first-order valence-corrected chi connectivity index (χ1v) is 10.3. The lowest BCUT2D eigenvalue weighted by Crippen LogP contribution is -2.46. The summed E-state index contributed by atoms with van der Waals surface area (Å²) in [5.41, 5.74) is 2.35. The van der Waals surface area contributed by atoms with Gasteiger partial charge in [-0.1, -0.05) is 18.2 Å². The number of nitrogens with zero attached hydrogens (tertiary/aromatic N) is 2. The molecule has 148 valence electrons. The topological polar surface area (TPSA) is 74.3 Å². The molecule has 0 bridgehead atoms. The average molecular weight is 380 g/mol. The molecule has 6 nitrogen and oxygen atoms in total. The third-order valence-corrected chi connectivity index (χ3v) is 5.84. The molecule has 2 aliphatic heterocycles. The van der Waals surface area contributed by atoms with Crippen LogP contribution in [0.5, 0.6) is 0 Å². The van der Waals surface area contributed by atoms with Crippen molar-refractivity contribution in [1.82, 2.24) is 20.5 Å². The third-order valence-electron chi connectivity index (χ3n) is 5.84. The van der Waals surface area contributed by atoms with Gasteiger partial charge in [0.05, 0.1) is 17.1 Å². The molecule has 2 fully saturated rings. The number of rotatable bonds is 4. The van der Waals surface area contributed by atoms with Gasteiger partial charge in [-0.15, -0.1) is 0 Å². The molecule has 0 aliphatic carbocycles. The van der Waals surface area contributed by atoms with Crippen molar-refractivity contribution < 1.29 is 9.59 Å². The smallest absolute Gasteiger partial charge is 0.256 e. The maximum Gasteiger partial charge on any atom is 0.256 e. The zero-order valence-electron chi connectivity index (χ0n) is 16.4. The Morgan fingerprint density at radius 2 is 2.11 bits per heavy atom. The van der Waals surface area contributed by atoms with Crippen molar-refractivity contribution in [1.29, 1.82) is 0 Å². The number of carbonyl (C=O) groups is 2. The molecule has 3 heterocycles. The molecule has 2 aromatic rings. The summed E-state index contributed by atoms with van der Waals surface area (Å²) < 4.78 is 0. The second-order valence-corrected chi connectivity index (χ2v) is 7.98. The van der Waals surface area contributed by atoms with Crippen LogP contribution in [0.2, 0.25) is 0 Å². The molecule has 1 aromatic heterocycles. The Bertz CT molecular complexity index is 876. The summed E-state index contributed by atoms with van der Waals surface area (Å²) in [6, 6.07) is 9.71. The van der Waals surface area contributed by atoms with Crippen LogP contribution >= 0.6 is 0 Å². The van der Waals surface area contributed by atoms with Crippen LogP contribution in [0.3, 0.4) is 0 Å². The Morgan fingerprint density at radius 1 is 1.21 bits per heavy atom. The van der Waals surface area contributed by atoms with Gasteiger partial charge in [0.1, 0.15) is 0 Å². The largest absolute Gasteiger partial charge is 0.354 e. The summed E-state index contributed by atoms with van der Waals surface area (Å²) in [5.74, 6) is 0.430. The zero-order valence-corrected chi connectivity index (χ0v) is 16.4. The molecular formula is C22H28N4O2. The van der Waals surface area contributed by atoms with Crippen molar-refractivity contribution in [2.75, 3.05) is 26.2 Å². The maximum atomic E-state index is 13.2. The van der Waals surface area contributed by atoms with Crippen LogP contribution in [-0.2, 0) is 4.79 Å². The summed E-state index contributed by atoms with van der Waals surface area (Å²) in [7, 11) is 0. The highest BCUT2D eigenvalue weighted by molar-refractivity contribution is 6.05. The molecule has 1 aromatic carbocycles. The third kappa shape index (κ3) is 4.02. The number of piperidine rings is 1. The highest BCUT2D eigenvalue weighted by Gasteiger charge is 2.27. The summed E-state index contributed by atoms with van der Waals surface area (Å²) in [4.78, 5) is 32.0. The fourth-order valence-corrected chi connectivity index (χ4v) is 4.28. The number of pyridine rings is 1. The number of carbonyl (C=O) groups excluding carboxylic acids is 2. The number of hydrogen-bond acceptors (Lipinski definition) is 4. The van der Waals surface area contributed by atoms with E-state index >= 15 is 0 Å². The molecule has 0 saturated carbocycles. The summed E-state index contributed by atoms with van der Waals surface area (Å²) in [5, 5.41) is 7.30. The molecule has 2 unspecified atom stereocenters. The first-order valence-electron chi connectivity index (χ1n) is 10.3. The SMILES string of the molecule is Cc1ccc2cccc(C(=O)N3CCCC(CNC(=O)C4CCCN4)C3)c2n1. The maximum absolute atomic E-state index is 13.2. The minimum Gasteiger partial charge on any atom is -0.354 e. The van der Waals surface area contributed by atoms with Gasteiger partial charge < -0.3 is 15.5 Å². The average Bonchev–Trinajstić information content (AvgIpc) is 3.26. The number of aryl methyl sites for hydroxylation is 1. The lowest BCUT2D eigenvalue weighted by Gasteiger charge is -2.33. The number of aromatic nitrogens is 1. The molecule has 2 aliphatic rings. The van der Waals surface area contributed by atoms with Gasteiger partial charge in [0, 0.05) is 30.7 Å². The van der Waals surface area contributed by atoms with Crippen LogP contribution in [0.4, 0.5) is 0 Å². The molecule has 2 saturated heterocycles. The second-order valence-electron chi connectivity index (χ2n) is 7.98. The van der Waals surface area contributed by atoms with Crippen LogP contribution < -0.4 is 10.6 Å². The van der Waals surface area contributed by atoms with E-state index in [0.717, 1.165) is 55.4 Å². The van der Waals surface area contributed by atoms with E-state index in [2.05, 4.69) is 15.6 Å². The zero-order chi connectivity index (χ0) is 19.5. The van der Waals surface area contributed by atoms with E-state index in [9.17, 15) is 9.59 Å². The van der Waals surface area contributed by atoms with Crippen LogP contribution in [-0.4, -0.2) is 53.9 Å². The summed E-state index contributed by atoms with van der Waals surface area (Å²) in [6.45, 7) is 4.94. The molecule has 28 heavy (non-hydrogen) atoms. The predicted octanol–water partition coefficient (Wildman–Crippen LogP) is 2.26. The summed E-state index contributed by atoms with van der Waals surface area (Å²) >= 11 is 0. The van der Waals surface area contributed by atoms with Crippen molar-refractivity contribution in [3.63, 3.8) is 0 Å². The summed E-state index contributed by atoms with van der Waals surface area (Å²) in [6.07, 6.45) is 3.97. The lowest BCUT2D eigenvalue weighted by atomic mass is 9.96. The van der Waals surface area contributed by atoms with E-state index in [1.807, 2.05) is 42.2 Å². The van der Waals surface area contributed by atoms with Gasteiger partial charge in [-0.3, -0.25) is 14.6 Å². The van der Waals surface area contributed by atoms with E-state index in [4.69, 9.17) is 0 Å². The van der Waals surface area contributed by atoms with Crippen LogP contribution in [0.25, 0.3) is 10.9 Å². The Kier molecular flexibility index (Phi) is 5.57. The molecule has 2 N–H and O–H groups in total. The Balaban J connectivity index is 1.42. The number of amides is 2. The fraction of sp³-hybridized carbons (Fsp3) is 0.500. The molecule has 2 amide bonds. The van der Waals surface area contributed by atoms with E-state index in [0.29, 0.717) is 24.6 Å². The van der Waals surface area contributed by atoms with Crippen LogP contribution in [0.1, 0.15) is 41.7 Å². The number of benzene rings is 1. The molecular weight excluding hydrogens is 352 g/mol. The second kappa shape index (κ2) is 8.27. The normalized spacial score (nSPS) is 22.4. The standard InChI is InChI=1S/C22H28N4O2/c1-15-9-10-17-6-2-7-18(20(17)25-15)22(28)26-12-4-5-16(14-26)13-24-21(27)19-8-3-11-23-19/h2,6-7,9-10,16,19,23H,3-5,8,11-14H2,1H3,(H,24,27). The minimum atomic E-state index is -0.0497. The van der Waals surface area contributed by atoms with Gasteiger partial charge in [-0.05, 0) is 57.2 Å². The van der Waals surface area contributed by atoms with Crippen molar-refractivity contribution in [2.45, 2.75) is 38.6 Å². The van der Waals surface area contributed by atoms with E-state index in [1.165, 1.54) is 0 Å².